The van der Waals surface area contributed by atoms with Gasteiger partial charge in [-0.1, -0.05) is 24.3 Å². The maximum Gasteiger partial charge on any atom is 0.471 e. The topological polar surface area (TPSA) is 92.3 Å². The van der Waals surface area contributed by atoms with Crippen molar-refractivity contribution in [1.29, 1.82) is 0 Å². The molecule has 0 saturated carbocycles. The van der Waals surface area contributed by atoms with Gasteiger partial charge in [0.1, 0.15) is 0 Å². The SMILES string of the molecule is O=C1c2ccccc2C(=O)c2c(NC(=O)C(F)(F)F)ccc(NC(=O)C(F)(F)F)c21. The van der Waals surface area contributed by atoms with Gasteiger partial charge in [-0.05, 0) is 12.1 Å². The van der Waals surface area contributed by atoms with Crippen LogP contribution in [0.15, 0.2) is 36.4 Å². The fourth-order valence-electron chi connectivity index (χ4n) is 2.82. The molecular formula is C18H8F6N2O4. The van der Waals surface area contributed by atoms with E-state index in [1.54, 1.807) is 0 Å². The number of alkyl halides is 6. The van der Waals surface area contributed by atoms with E-state index in [9.17, 15) is 45.5 Å². The summed E-state index contributed by atoms with van der Waals surface area (Å²) in [4.78, 5) is 48.2. The lowest BCUT2D eigenvalue weighted by molar-refractivity contribution is -0.167. The summed E-state index contributed by atoms with van der Waals surface area (Å²) in [6.45, 7) is 0. The number of fused-ring (bicyclic) bond motifs is 2. The average molecular weight is 430 g/mol. The second-order valence-corrected chi connectivity index (χ2v) is 6.02. The molecule has 6 nitrogen and oxygen atoms in total. The van der Waals surface area contributed by atoms with Crippen LogP contribution in [0, 0.1) is 0 Å². The predicted molar refractivity (Wildman–Crippen MR) is 89.1 cm³/mol. The van der Waals surface area contributed by atoms with Gasteiger partial charge in [0, 0.05) is 11.1 Å². The molecule has 156 valence electrons. The molecule has 3 rings (SSSR count). The molecule has 0 bridgehead atoms. The highest BCUT2D eigenvalue weighted by atomic mass is 19.4. The number of hydrogen-bond acceptors (Lipinski definition) is 4. The van der Waals surface area contributed by atoms with Gasteiger partial charge in [0.2, 0.25) is 0 Å². The molecule has 0 aliphatic heterocycles. The number of hydrogen-bond donors (Lipinski definition) is 2. The van der Waals surface area contributed by atoms with E-state index >= 15 is 0 Å². The number of carbonyl (C=O) groups excluding carboxylic acids is 4. The van der Waals surface area contributed by atoms with Crippen LogP contribution in [0.25, 0.3) is 0 Å². The van der Waals surface area contributed by atoms with Gasteiger partial charge in [-0.2, -0.15) is 26.3 Å². The zero-order valence-corrected chi connectivity index (χ0v) is 14.4. The number of ketones is 2. The Labute approximate surface area is 162 Å². The van der Waals surface area contributed by atoms with E-state index in [1.807, 2.05) is 0 Å². The monoisotopic (exact) mass is 430 g/mol. The number of rotatable bonds is 2. The lowest BCUT2D eigenvalue weighted by Gasteiger charge is -2.23. The van der Waals surface area contributed by atoms with Crippen molar-refractivity contribution in [3.8, 4) is 0 Å². The summed E-state index contributed by atoms with van der Waals surface area (Å²) < 4.78 is 75.7. The van der Waals surface area contributed by atoms with Crippen molar-refractivity contribution >= 4 is 34.8 Å². The molecule has 2 amide bonds. The number of carbonyl (C=O) groups is 4. The predicted octanol–water partition coefficient (Wildman–Crippen LogP) is 3.46. The van der Waals surface area contributed by atoms with Gasteiger partial charge in [0.05, 0.1) is 22.5 Å². The number of halogens is 6. The summed E-state index contributed by atoms with van der Waals surface area (Å²) in [5.74, 6) is -6.95. The van der Waals surface area contributed by atoms with Crippen molar-refractivity contribution in [2.45, 2.75) is 12.4 Å². The third-order valence-corrected chi connectivity index (χ3v) is 4.09. The summed E-state index contributed by atoms with van der Waals surface area (Å²) in [7, 11) is 0. The van der Waals surface area contributed by atoms with Crippen LogP contribution in [0.2, 0.25) is 0 Å². The number of anilines is 2. The smallest absolute Gasteiger partial charge is 0.318 e. The minimum absolute atomic E-state index is 0.225. The highest BCUT2D eigenvalue weighted by molar-refractivity contribution is 6.32. The molecule has 2 aromatic carbocycles. The first kappa shape index (κ1) is 21.0. The lowest BCUT2D eigenvalue weighted by atomic mass is 9.82. The van der Waals surface area contributed by atoms with Crippen molar-refractivity contribution in [3.63, 3.8) is 0 Å². The molecule has 0 spiro atoms. The Bertz CT molecular complexity index is 1020. The molecule has 30 heavy (non-hydrogen) atoms. The Morgan fingerprint density at radius 1 is 0.633 bits per heavy atom. The fourth-order valence-corrected chi connectivity index (χ4v) is 2.82. The van der Waals surface area contributed by atoms with Gasteiger partial charge >= 0.3 is 24.2 Å². The molecule has 0 fully saturated rings. The molecular weight excluding hydrogens is 422 g/mol. The first-order chi connectivity index (χ1) is 13.8. The summed E-state index contributed by atoms with van der Waals surface area (Å²) >= 11 is 0. The van der Waals surface area contributed by atoms with Crippen molar-refractivity contribution in [2.24, 2.45) is 0 Å². The molecule has 0 heterocycles. The number of amides is 2. The van der Waals surface area contributed by atoms with Crippen LogP contribution in [-0.4, -0.2) is 35.7 Å². The summed E-state index contributed by atoms with van der Waals surface area (Å²) in [6.07, 6.45) is -10.7. The largest absolute Gasteiger partial charge is 0.471 e. The third-order valence-electron chi connectivity index (χ3n) is 4.09. The van der Waals surface area contributed by atoms with Crippen LogP contribution in [0.5, 0.6) is 0 Å². The van der Waals surface area contributed by atoms with Crippen LogP contribution in [0.1, 0.15) is 31.8 Å². The molecule has 0 atom stereocenters. The van der Waals surface area contributed by atoms with Crippen molar-refractivity contribution in [1.82, 2.24) is 0 Å². The summed E-state index contributed by atoms with van der Waals surface area (Å²) in [5, 5.41) is 2.86. The van der Waals surface area contributed by atoms with Gasteiger partial charge in [-0.3, -0.25) is 19.2 Å². The number of benzene rings is 2. The summed E-state index contributed by atoms with van der Waals surface area (Å²) in [6, 6.07) is 6.47. The summed E-state index contributed by atoms with van der Waals surface area (Å²) in [5.41, 5.74) is -3.48. The van der Waals surface area contributed by atoms with Gasteiger partial charge in [-0.15, -0.1) is 0 Å². The van der Waals surface area contributed by atoms with E-state index in [4.69, 9.17) is 0 Å². The first-order valence-electron chi connectivity index (χ1n) is 7.94. The van der Waals surface area contributed by atoms with E-state index in [0.29, 0.717) is 12.1 Å². The molecule has 1 aliphatic carbocycles. The molecule has 0 saturated heterocycles. The molecule has 0 unspecified atom stereocenters. The molecule has 2 aromatic rings. The van der Waals surface area contributed by atoms with Crippen LogP contribution in [-0.2, 0) is 9.59 Å². The zero-order chi connectivity index (χ0) is 22.4. The standard InChI is InChI=1S/C18H8F6N2O4/c19-17(20,21)15(29)25-9-5-6-10(26-16(30)18(22,23)24)12-11(9)13(27)7-3-1-2-4-8(7)14(12)28/h1-6H,(H,25,29)(H,26,30). The van der Waals surface area contributed by atoms with E-state index in [2.05, 4.69) is 0 Å². The second-order valence-electron chi connectivity index (χ2n) is 6.02. The van der Waals surface area contributed by atoms with E-state index in [1.165, 1.54) is 34.9 Å². The van der Waals surface area contributed by atoms with E-state index < -0.39 is 58.2 Å². The quantitative estimate of drug-likeness (QED) is 0.610. The van der Waals surface area contributed by atoms with Gasteiger partial charge in [0.25, 0.3) is 0 Å². The first-order valence-corrected chi connectivity index (χ1v) is 7.94. The number of nitrogens with one attached hydrogen (secondary N) is 2. The maximum atomic E-state index is 12.8. The highest BCUT2D eigenvalue weighted by Crippen LogP contribution is 2.37. The minimum atomic E-state index is -5.34. The Kier molecular flexibility index (Phi) is 4.88. The third kappa shape index (κ3) is 3.63. The Morgan fingerprint density at radius 2 is 0.967 bits per heavy atom. The van der Waals surface area contributed by atoms with Crippen molar-refractivity contribution in [2.75, 3.05) is 10.6 Å². The highest BCUT2D eigenvalue weighted by Gasteiger charge is 2.42. The second kappa shape index (κ2) is 6.97. The lowest BCUT2D eigenvalue weighted by Crippen LogP contribution is -2.33. The zero-order valence-electron chi connectivity index (χ0n) is 14.4. The van der Waals surface area contributed by atoms with Gasteiger partial charge in [-0.25, -0.2) is 0 Å². The van der Waals surface area contributed by atoms with Crippen LogP contribution < -0.4 is 10.6 Å². The average Bonchev–Trinajstić information content (AvgIpc) is 2.65. The van der Waals surface area contributed by atoms with Gasteiger partial charge in [0.15, 0.2) is 11.6 Å². The Hall–Kier alpha value is -3.70. The molecule has 2 N–H and O–H groups in total. The van der Waals surface area contributed by atoms with Crippen molar-refractivity contribution in [3.05, 3.63) is 58.7 Å². The van der Waals surface area contributed by atoms with Gasteiger partial charge < -0.3 is 10.6 Å². The molecule has 1 aliphatic rings. The normalized spacial score (nSPS) is 13.4. The van der Waals surface area contributed by atoms with Crippen molar-refractivity contribution < 1.29 is 45.5 Å². The maximum absolute atomic E-state index is 12.8. The molecule has 12 heteroatoms. The van der Waals surface area contributed by atoms with E-state index in [-0.39, 0.29) is 11.1 Å². The van der Waals surface area contributed by atoms with Crippen LogP contribution >= 0.6 is 0 Å². The van der Waals surface area contributed by atoms with Crippen LogP contribution in [0.3, 0.4) is 0 Å². The minimum Gasteiger partial charge on any atom is -0.318 e. The molecule has 0 aromatic heterocycles. The molecule has 0 radical (unpaired) electrons. The van der Waals surface area contributed by atoms with E-state index in [0.717, 1.165) is 0 Å². The fraction of sp³-hybridized carbons (Fsp3) is 0.111. The Balaban J connectivity index is 2.21. The Morgan fingerprint density at radius 3 is 1.27 bits per heavy atom. The van der Waals surface area contributed by atoms with Crippen LogP contribution in [0.4, 0.5) is 37.7 Å².